The molecule has 0 unspecified atom stereocenters. The lowest BCUT2D eigenvalue weighted by Crippen LogP contribution is -2.30. The molecule has 0 aliphatic heterocycles. The molecule has 0 saturated carbocycles. The Bertz CT molecular complexity index is 864. The van der Waals surface area contributed by atoms with Gasteiger partial charge in [0.15, 0.2) is 0 Å². The smallest absolute Gasteiger partial charge is 0.244 e. The maximum atomic E-state index is 12.4. The van der Waals surface area contributed by atoms with Crippen molar-refractivity contribution in [3.05, 3.63) is 53.7 Å². The van der Waals surface area contributed by atoms with E-state index in [1.54, 1.807) is 19.9 Å². The number of benzene rings is 1. The molecule has 0 bridgehead atoms. The summed E-state index contributed by atoms with van der Waals surface area (Å²) in [5.74, 6) is 0.131. The van der Waals surface area contributed by atoms with Crippen molar-refractivity contribution >= 4 is 27.7 Å². The van der Waals surface area contributed by atoms with Crippen LogP contribution in [0.15, 0.2) is 52.5 Å². The van der Waals surface area contributed by atoms with Gasteiger partial charge in [-0.2, -0.15) is 4.31 Å². The van der Waals surface area contributed by atoms with Gasteiger partial charge >= 0.3 is 0 Å². The standard InChI is InChI=1S/C19H25N3O3S2/c1-4-22(5-2)27(24,25)17-10-11-19(21-13-17)26-14-18(23)20-12-16-9-7-6-8-15(16)3/h6-11,13H,4-5,12,14H2,1-3H3,(H,20,23). The average Bonchev–Trinajstić information content (AvgIpc) is 2.67. The zero-order chi connectivity index (χ0) is 19.9. The lowest BCUT2D eigenvalue weighted by Gasteiger charge is -2.18. The fourth-order valence-electron chi connectivity index (χ4n) is 2.51. The lowest BCUT2D eigenvalue weighted by molar-refractivity contribution is -0.118. The van der Waals surface area contributed by atoms with E-state index >= 15 is 0 Å². The van der Waals surface area contributed by atoms with E-state index in [1.165, 1.54) is 28.3 Å². The van der Waals surface area contributed by atoms with Crippen molar-refractivity contribution in [3.63, 3.8) is 0 Å². The molecule has 1 N–H and O–H groups in total. The summed E-state index contributed by atoms with van der Waals surface area (Å²) in [6, 6.07) is 11.1. The number of rotatable bonds is 9. The summed E-state index contributed by atoms with van der Waals surface area (Å²) in [6.45, 7) is 6.92. The minimum absolute atomic E-state index is 0.0927. The molecule has 1 amide bonds. The molecule has 27 heavy (non-hydrogen) atoms. The molecule has 1 aromatic carbocycles. The zero-order valence-electron chi connectivity index (χ0n) is 15.8. The van der Waals surface area contributed by atoms with Gasteiger partial charge in [-0.1, -0.05) is 49.9 Å². The summed E-state index contributed by atoms with van der Waals surface area (Å²) in [4.78, 5) is 16.4. The van der Waals surface area contributed by atoms with Crippen LogP contribution in [-0.4, -0.2) is 42.5 Å². The Morgan fingerprint density at radius 3 is 2.44 bits per heavy atom. The van der Waals surface area contributed by atoms with Crippen molar-refractivity contribution in [2.45, 2.75) is 37.2 Å². The number of aromatic nitrogens is 1. The minimum Gasteiger partial charge on any atom is -0.351 e. The van der Waals surface area contributed by atoms with Crippen molar-refractivity contribution in [3.8, 4) is 0 Å². The van der Waals surface area contributed by atoms with Crippen LogP contribution < -0.4 is 5.32 Å². The van der Waals surface area contributed by atoms with E-state index in [0.29, 0.717) is 24.7 Å². The maximum absolute atomic E-state index is 12.4. The Labute approximate surface area is 165 Å². The Hall–Kier alpha value is -1.90. The molecule has 0 atom stereocenters. The van der Waals surface area contributed by atoms with Crippen LogP contribution >= 0.6 is 11.8 Å². The highest BCUT2D eigenvalue weighted by molar-refractivity contribution is 7.99. The van der Waals surface area contributed by atoms with E-state index in [0.717, 1.165) is 11.1 Å². The number of hydrogen-bond acceptors (Lipinski definition) is 5. The Morgan fingerprint density at radius 1 is 1.15 bits per heavy atom. The van der Waals surface area contributed by atoms with Gasteiger partial charge in [-0.25, -0.2) is 13.4 Å². The normalized spacial score (nSPS) is 11.6. The number of hydrogen-bond donors (Lipinski definition) is 1. The van der Waals surface area contributed by atoms with E-state index in [-0.39, 0.29) is 16.6 Å². The highest BCUT2D eigenvalue weighted by atomic mass is 32.2. The van der Waals surface area contributed by atoms with Crippen molar-refractivity contribution in [1.82, 2.24) is 14.6 Å². The quantitative estimate of drug-likeness (QED) is 0.647. The highest BCUT2D eigenvalue weighted by Crippen LogP contribution is 2.19. The maximum Gasteiger partial charge on any atom is 0.244 e. The van der Waals surface area contributed by atoms with Crippen LogP contribution in [0.1, 0.15) is 25.0 Å². The van der Waals surface area contributed by atoms with Gasteiger partial charge in [-0.15, -0.1) is 0 Å². The van der Waals surface area contributed by atoms with E-state index in [9.17, 15) is 13.2 Å². The van der Waals surface area contributed by atoms with Gasteiger partial charge in [-0.3, -0.25) is 4.79 Å². The van der Waals surface area contributed by atoms with Crippen LogP contribution in [0.2, 0.25) is 0 Å². The van der Waals surface area contributed by atoms with Crippen molar-refractivity contribution in [2.24, 2.45) is 0 Å². The first-order chi connectivity index (χ1) is 12.9. The number of sulfonamides is 1. The van der Waals surface area contributed by atoms with Crippen LogP contribution in [0.4, 0.5) is 0 Å². The summed E-state index contributed by atoms with van der Waals surface area (Å²) in [7, 11) is -3.51. The number of thioether (sulfide) groups is 1. The SMILES string of the molecule is CCN(CC)S(=O)(=O)c1ccc(SCC(=O)NCc2ccccc2C)nc1. The van der Waals surface area contributed by atoms with Crippen LogP contribution in [-0.2, 0) is 21.4 Å². The average molecular weight is 408 g/mol. The number of carbonyl (C=O) groups excluding carboxylic acids is 1. The molecular formula is C19H25N3O3S2. The van der Waals surface area contributed by atoms with Gasteiger partial charge < -0.3 is 5.32 Å². The summed E-state index contributed by atoms with van der Waals surface area (Å²) in [5, 5.41) is 3.50. The zero-order valence-corrected chi connectivity index (χ0v) is 17.4. The van der Waals surface area contributed by atoms with E-state index < -0.39 is 10.0 Å². The second kappa shape index (κ2) is 9.87. The monoisotopic (exact) mass is 407 g/mol. The summed E-state index contributed by atoms with van der Waals surface area (Å²) < 4.78 is 26.3. The van der Waals surface area contributed by atoms with Crippen LogP contribution in [0.5, 0.6) is 0 Å². The van der Waals surface area contributed by atoms with E-state index in [2.05, 4.69) is 10.3 Å². The number of nitrogens with one attached hydrogen (secondary N) is 1. The Kier molecular flexibility index (Phi) is 7.82. The molecule has 146 valence electrons. The number of nitrogens with zero attached hydrogens (tertiary/aromatic N) is 2. The molecule has 0 aliphatic carbocycles. The molecule has 8 heteroatoms. The van der Waals surface area contributed by atoms with E-state index in [1.807, 2.05) is 31.2 Å². The molecular weight excluding hydrogens is 382 g/mol. The molecule has 1 aromatic heterocycles. The predicted octanol–water partition coefficient (Wildman–Crippen LogP) is 2.83. The first-order valence-electron chi connectivity index (χ1n) is 8.78. The van der Waals surface area contributed by atoms with Crippen molar-refractivity contribution in [1.29, 1.82) is 0 Å². The van der Waals surface area contributed by atoms with Crippen molar-refractivity contribution in [2.75, 3.05) is 18.8 Å². The fourth-order valence-corrected chi connectivity index (χ4v) is 4.59. The minimum atomic E-state index is -3.51. The molecule has 2 rings (SSSR count). The molecule has 0 radical (unpaired) electrons. The Morgan fingerprint density at radius 2 is 1.85 bits per heavy atom. The molecule has 0 fully saturated rings. The molecule has 0 aliphatic rings. The van der Waals surface area contributed by atoms with Gasteiger partial charge in [0.2, 0.25) is 15.9 Å². The lowest BCUT2D eigenvalue weighted by atomic mass is 10.1. The van der Waals surface area contributed by atoms with Crippen molar-refractivity contribution < 1.29 is 13.2 Å². The third-order valence-electron chi connectivity index (χ3n) is 4.14. The van der Waals surface area contributed by atoms with Gasteiger partial charge in [0.1, 0.15) is 4.90 Å². The summed E-state index contributed by atoms with van der Waals surface area (Å²) >= 11 is 1.28. The van der Waals surface area contributed by atoms with Gasteiger partial charge in [-0.05, 0) is 30.2 Å². The second-order valence-corrected chi connectivity index (χ2v) is 8.85. The first-order valence-corrected chi connectivity index (χ1v) is 11.2. The van der Waals surface area contributed by atoms with Gasteiger partial charge in [0.05, 0.1) is 10.8 Å². The number of aryl methyl sites for hydroxylation is 1. The fraction of sp³-hybridized carbons (Fsp3) is 0.368. The number of carbonyl (C=O) groups is 1. The molecule has 2 aromatic rings. The summed E-state index contributed by atoms with van der Waals surface area (Å²) in [5.41, 5.74) is 2.22. The third-order valence-corrected chi connectivity index (χ3v) is 7.12. The van der Waals surface area contributed by atoms with Crippen LogP contribution in [0.25, 0.3) is 0 Å². The molecule has 1 heterocycles. The van der Waals surface area contributed by atoms with Crippen LogP contribution in [0, 0.1) is 6.92 Å². The topological polar surface area (TPSA) is 79.4 Å². The first kappa shape index (κ1) is 21.4. The van der Waals surface area contributed by atoms with Gasteiger partial charge in [0, 0.05) is 25.8 Å². The predicted molar refractivity (Wildman–Crippen MR) is 108 cm³/mol. The molecule has 0 spiro atoms. The van der Waals surface area contributed by atoms with E-state index in [4.69, 9.17) is 0 Å². The van der Waals surface area contributed by atoms with Gasteiger partial charge in [0.25, 0.3) is 0 Å². The van der Waals surface area contributed by atoms with Crippen LogP contribution in [0.3, 0.4) is 0 Å². The Balaban J connectivity index is 1.89. The highest BCUT2D eigenvalue weighted by Gasteiger charge is 2.21. The molecule has 6 nitrogen and oxygen atoms in total. The number of amides is 1. The third kappa shape index (κ3) is 5.79. The summed E-state index contributed by atoms with van der Waals surface area (Å²) in [6.07, 6.45) is 1.35. The molecule has 0 saturated heterocycles. The largest absolute Gasteiger partial charge is 0.351 e. The number of pyridine rings is 1. The second-order valence-electron chi connectivity index (χ2n) is 5.91.